The van der Waals surface area contributed by atoms with Crippen LogP contribution < -0.4 is 29.6 Å². The van der Waals surface area contributed by atoms with Crippen molar-refractivity contribution in [3.63, 3.8) is 0 Å². The third kappa shape index (κ3) is 29.2. The first kappa shape index (κ1) is 20.9. The normalized spacial score (nSPS) is 9.06. The summed E-state index contributed by atoms with van der Waals surface area (Å²) in [4.78, 5) is 19.3. The van der Waals surface area contributed by atoms with Gasteiger partial charge in [0.15, 0.2) is 0 Å². The Balaban J connectivity index is -0.0000000896. The van der Waals surface area contributed by atoms with Crippen molar-refractivity contribution in [2.45, 2.75) is 12.8 Å². The molecule has 0 aromatic carbocycles. The van der Waals surface area contributed by atoms with Crippen LogP contribution in [0.4, 0.5) is 0 Å². The van der Waals surface area contributed by atoms with Gasteiger partial charge in [-0.05, 0) is 0 Å². The van der Waals surface area contributed by atoms with E-state index >= 15 is 0 Å². The average Bonchev–Trinajstić information content (AvgIpc) is 1.99. The summed E-state index contributed by atoms with van der Waals surface area (Å²) in [6, 6.07) is 0. The topological polar surface area (TPSA) is 129 Å². The van der Waals surface area contributed by atoms with E-state index in [0.29, 0.717) is 0 Å². The molecule has 0 aromatic rings. The summed E-state index contributed by atoms with van der Waals surface area (Å²) < 4.78 is 27.3. The Morgan fingerprint density at radius 1 is 1.19 bits per heavy atom. The summed E-state index contributed by atoms with van der Waals surface area (Å²) in [7, 11) is -3.79. The maximum atomic E-state index is 9.72. The molecule has 90 valence electrons. The minimum absolute atomic E-state index is 0. The molecule has 0 saturated carbocycles. The van der Waals surface area contributed by atoms with E-state index in [-0.39, 0.29) is 49.6 Å². The monoisotopic (exact) mass is 264 g/mol. The van der Waals surface area contributed by atoms with Gasteiger partial charge in [-0.3, -0.25) is 14.1 Å². The van der Waals surface area contributed by atoms with Gasteiger partial charge in [-0.1, -0.05) is 6.08 Å². The zero-order valence-corrected chi connectivity index (χ0v) is 11.6. The summed E-state index contributed by atoms with van der Waals surface area (Å²) in [6.07, 6.45) is 0.528. The molecule has 0 spiro atoms. The van der Waals surface area contributed by atoms with Gasteiger partial charge < -0.3 is 11.6 Å². The van der Waals surface area contributed by atoms with Gasteiger partial charge in [-0.15, -0.1) is 6.58 Å². The molecule has 0 fully saturated rings. The van der Waals surface area contributed by atoms with E-state index in [1.54, 1.807) is 0 Å². The molecule has 0 heterocycles. The van der Waals surface area contributed by atoms with Crippen LogP contribution in [-0.4, -0.2) is 40.9 Å². The molecule has 0 rings (SSSR count). The minimum atomic E-state index is -3.79. The third-order valence-electron chi connectivity index (χ3n) is 0.881. The minimum Gasteiger partial charge on any atom is -1.00 e. The van der Waals surface area contributed by atoms with Crippen LogP contribution in [0.5, 0.6) is 0 Å². The van der Waals surface area contributed by atoms with Crippen molar-refractivity contribution in [2.24, 2.45) is 0 Å². The summed E-state index contributed by atoms with van der Waals surface area (Å²) in [6.45, 7) is 3.11. The second-order valence-corrected chi connectivity index (χ2v) is 3.82. The fourth-order valence-electron chi connectivity index (χ4n) is 0.363. The van der Waals surface area contributed by atoms with Crippen molar-refractivity contribution in [3.8, 4) is 0 Å². The number of hydrogen-bond donors (Lipinski definition) is 3. The number of aliphatic carboxylic acids is 2. The molecule has 0 aliphatic carbocycles. The number of carbonyl (C=O) groups is 2. The molecule has 9 heteroatoms. The van der Waals surface area contributed by atoms with Gasteiger partial charge in [-0.2, -0.15) is 8.42 Å². The Bertz CT molecular complexity index is 313. The third-order valence-corrected chi connectivity index (χ3v) is 1.54. The van der Waals surface area contributed by atoms with Crippen molar-refractivity contribution in [3.05, 3.63) is 12.7 Å². The predicted molar refractivity (Wildman–Crippen MR) is 52.2 cm³/mol. The van der Waals surface area contributed by atoms with Gasteiger partial charge in [0, 0.05) is 0 Å². The molecule has 0 saturated heterocycles. The number of rotatable bonds is 5. The van der Waals surface area contributed by atoms with Crippen molar-refractivity contribution in [1.29, 1.82) is 0 Å². The molecule has 0 atom stereocenters. The van der Waals surface area contributed by atoms with Gasteiger partial charge >= 0.3 is 41.5 Å². The van der Waals surface area contributed by atoms with Gasteiger partial charge in [-0.25, -0.2) is 0 Å². The van der Waals surface area contributed by atoms with Crippen LogP contribution in [-0.2, 0) is 19.7 Å². The van der Waals surface area contributed by atoms with Crippen molar-refractivity contribution in [1.82, 2.24) is 0 Å². The Kier molecular flexibility index (Phi) is 14.5. The van der Waals surface area contributed by atoms with Crippen LogP contribution in [0.15, 0.2) is 12.7 Å². The molecule has 3 N–H and O–H groups in total. The molecule has 0 radical (unpaired) electrons. The van der Waals surface area contributed by atoms with E-state index in [1.807, 2.05) is 0 Å². The predicted octanol–water partition coefficient (Wildman–Crippen LogP) is -2.89. The van der Waals surface area contributed by atoms with Crippen molar-refractivity contribution in [2.75, 3.05) is 5.75 Å². The van der Waals surface area contributed by atoms with Gasteiger partial charge in [0.2, 0.25) is 0 Å². The summed E-state index contributed by atoms with van der Waals surface area (Å²) in [5.41, 5.74) is 0. The largest absolute Gasteiger partial charge is 1.00 e. The molecular weight excluding hydrogens is 251 g/mol. The Hall–Kier alpha value is -0.410. The fourth-order valence-corrected chi connectivity index (χ4v) is 0.661. The molecular formula is C7H13NaO7S. The molecule has 0 aliphatic heterocycles. The first-order chi connectivity index (χ1) is 6.69. The molecule has 0 bridgehead atoms. The van der Waals surface area contributed by atoms with Crippen LogP contribution >= 0.6 is 0 Å². The van der Waals surface area contributed by atoms with E-state index < -0.39 is 22.1 Å². The Morgan fingerprint density at radius 3 is 1.56 bits per heavy atom. The van der Waals surface area contributed by atoms with Gasteiger partial charge in [0.1, 0.15) is 0 Å². The van der Waals surface area contributed by atoms with E-state index in [9.17, 15) is 18.0 Å². The van der Waals surface area contributed by atoms with Crippen molar-refractivity contribution >= 4 is 22.1 Å². The van der Waals surface area contributed by atoms with Crippen LogP contribution in [0.3, 0.4) is 0 Å². The second-order valence-electron chi connectivity index (χ2n) is 2.32. The average molecular weight is 264 g/mol. The SMILES string of the molecule is C=CCS(=O)(=O)O.O=C(O)CCC(=O)O.[H-].[Na+]. The summed E-state index contributed by atoms with van der Waals surface area (Å²) >= 11 is 0. The fraction of sp³-hybridized carbons (Fsp3) is 0.429. The van der Waals surface area contributed by atoms with E-state index in [2.05, 4.69) is 6.58 Å². The van der Waals surface area contributed by atoms with Gasteiger partial charge in [0.25, 0.3) is 10.1 Å². The molecule has 0 amide bonds. The van der Waals surface area contributed by atoms with E-state index in [0.717, 1.165) is 6.08 Å². The maximum absolute atomic E-state index is 9.72. The first-order valence-electron chi connectivity index (χ1n) is 3.68. The number of carboxylic acids is 2. The van der Waals surface area contributed by atoms with E-state index in [1.165, 1.54) is 0 Å². The van der Waals surface area contributed by atoms with Crippen LogP contribution in [0, 0.1) is 0 Å². The molecule has 0 aliphatic rings. The molecule has 16 heavy (non-hydrogen) atoms. The quantitative estimate of drug-likeness (QED) is 0.276. The Morgan fingerprint density at radius 2 is 1.50 bits per heavy atom. The van der Waals surface area contributed by atoms with Crippen LogP contribution in [0.1, 0.15) is 14.3 Å². The smallest absolute Gasteiger partial charge is 1.00 e. The molecule has 0 unspecified atom stereocenters. The zero-order valence-electron chi connectivity index (χ0n) is 9.79. The zero-order chi connectivity index (χ0) is 12.5. The first-order valence-corrected chi connectivity index (χ1v) is 5.29. The van der Waals surface area contributed by atoms with Crippen molar-refractivity contribution < 1.29 is 63.8 Å². The second kappa shape index (κ2) is 11.1. The maximum Gasteiger partial charge on any atom is 1.00 e. The standard InChI is InChI=1S/C4H6O4.C3H6O3S.Na.H/c5-3(6)1-2-4(7)8;1-2-3-7(4,5)6;;/h1-2H2,(H,5,6)(H,7,8);2H,1,3H2,(H,4,5,6);;/q;;+1;-1. The number of carboxylic acid groups (broad SMARTS) is 2. The number of hydrogen-bond acceptors (Lipinski definition) is 4. The Labute approximate surface area is 117 Å². The molecule has 0 aromatic heterocycles. The van der Waals surface area contributed by atoms with Crippen LogP contribution in [0.25, 0.3) is 0 Å². The summed E-state index contributed by atoms with van der Waals surface area (Å²) in [5.74, 6) is -2.52. The molecule has 7 nitrogen and oxygen atoms in total. The summed E-state index contributed by atoms with van der Waals surface area (Å²) in [5, 5.41) is 15.8. The van der Waals surface area contributed by atoms with Crippen LogP contribution in [0.2, 0.25) is 0 Å². The van der Waals surface area contributed by atoms with Gasteiger partial charge in [0.05, 0.1) is 18.6 Å². The van der Waals surface area contributed by atoms with E-state index in [4.69, 9.17) is 14.8 Å².